The summed E-state index contributed by atoms with van der Waals surface area (Å²) in [7, 11) is 0. The van der Waals surface area contributed by atoms with Crippen molar-refractivity contribution in [3.63, 3.8) is 0 Å². The number of aryl methyl sites for hydroxylation is 1. The van der Waals surface area contributed by atoms with Crippen LogP contribution < -0.4 is 4.90 Å². The molecule has 0 saturated carbocycles. The monoisotopic (exact) mass is 422 g/mol. The van der Waals surface area contributed by atoms with Crippen molar-refractivity contribution in [3.05, 3.63) is 71.0 Å². The maximum absolute atomic E-state index is 13.1. The average Bonchev–Trinajstić information content (AvgIpc) is 2.78. The van der Waals surface area contributed by atoms with Crippen LogP contribution in [-0.2, 0) is 11.2 Å². The molecular weight excluding hydrogens is 391 g/mol. The van der Waals surface area contributed by atoms with Crippen LogP contribution in [-0.4, -0.2) is 42.1 Å². The summed E-state index contributed by atoms with van der Waals surface area (Å²) >= 11 is 0. The molecule has 1 N–H and O–H groups in total. The van der Waals surface area contributed by atoms with Crippen molar-refractivity contribution in [2.24, 2.45) is 5.92 Å². The lowest BCUT2D eigenvalue weighted by Gasteiger charge is -2.32. The number of benzene rings is 2. The number of carbonyl (C=O) groups is 1. The molecule has 0 aliphatic carbocycles. The molecule has 2 aromatic rings. The summed E-state index contributed by atoms with van der Waals surface area (Å²) in [4.78, 5) is 16.7. The average molecular weight is 423 g/mol. The van der Waals surface area contributed by atoms with Crippen LogP contribution >= 0.6 is 0 Å². The van der Waals surface area contributed by atoms with Gasteiger partial charge in [0.1, 0.15) is 5.82 Å². The molecule has 2 aromatic carbocycles. The lowest BCUT2D eigenvalue weighted by Crippen LogP contribution is -2.38. The molecule has 0 saturated heterocycles. The van der Waals surface area contributed by atoms with Crippen LogP contribution in [0.3, 0.4) is 0 Å². The predicted molar refractivity (Wildman–Crippen MR) is 122 cm³/mol. The second kappa shape index (κ2) is 9.33. The Kier molecular flexibility index (Phi) is 6.54. The van der Waals surface area contributed by atoms with Gasteiger partial charge >= 0.3 is 0 Å². The number of amides is 1. The molecular formula is C26H31FN2O2. The van der Waals surface area contributed by atoms with Crippen molar-refractivity contribution < 1.29 is 14.3 Å². The minimum absolute atomic E-state index is 0.0248. The first-order valence-electron chi connectivity index (χ1n) is 11.2. The van der Waals surface area contributed by atoms with E-state index in [4.69, 9.17) is 0 Å². The summed E-state index contributed by atoms with van der Waals surface area (Å²) in [6.45, 7) is 6.84. The number of hydrogen-bond donors (Lipinski definition) is 1. The fraction of sp³-hybridized carbons (Fsp3) is 0.423. The van der Waals surface area contributed by atoms with Gasteiger partial charge in [-0.05, 0) is 59.7 Å². The largest absolute Gasteiger partial charge is 0.387 e. The molecule has 4 rings (SSSR count). The minimum atomic E-state index is -0.567. The molecule has 2 heterocycles. The van der Waals surface area contributed by atoms with Crippen molar-refractivity contribution in [2.45, 2.75) is 39.2 Å². The van der Waals surface area contributed by atoms with Gasteiger partial charge in [0.05, 0.1) is 6.10 Å². The van der Waals surface area contributed by atoms with Gasteiger partial charge in [-0.25, -0.2) is 4.39 Å². The highest BCUT2D eigenvalue weighted by Crippen LogP contribution is 2.31. The minimum Gasteiger partial charge on any atom is -0.387 e. The van der Waals surface area contributed by atoms with Crippen LogP contribution in [0.5, 0.6) is 0 Å². The number of hydrogen-bond acceptors (Lipinski definition) is 3. The first kappa shape index (κ1) is 21.7. The summed E-state index contributed by atoms with van der Waals surface area (Å²) in [5.74, 6) is -0.0823. The Bertz CT molecular complexity index is 968. The summed E-state index contributed by atoms with van der Waals surface area (Å²) < 4.78 is 13.1. The summed E-state index contributed by atoms with van der Waals surface area (Å²) in [6.07, 6.45) is 4.38. The van der Waals surface area contributed by atoms with E-state index in [1.54, 1.807) is 0 Å². The third kappa shape index (κ3) is 4.89. The number of aliphatic hydroxyl groups excluding tert-OH is 1. The van der Waals surface area contributed by atoms with Crippen molar-refractivity contribution >= 4 is 17.2 Å². The van der Waals surface area contributed by atoms with Gasteiger partial charge in [0.15, 0.2) is 0 Å². The lowest BCUT2D eigenvalue weighted by molar-refractivity contribution is -0.121. The standard InChI is InChI=1S/C26H31FN2O2/c1-18(2)26(31)29-13-3-4-21-16-22(7-10-24(21)29)25(30)17-28-14-11-20(12-15-28)19-5-8-23(27)9-6-19/h5-11,16,18,25,30H,3-4,12-15,17H2,1-2H3/t25-/m1/s1. The fourth-order valence-corrected chi connectivity index (χ4v) is 4.52. The van der Waals surface area contributed by atoms with E-state index in [-0.39, 0.29) is 17.6 Å². The quantitative estimate of drug-likeness (QED) is 0.767. The van der Waals surface area contributed by atoms with Gasteiger partial charge in [0.25, 0.3) is 0 Å². The number of nitrogens with zero attached hydrogens (tertiary/aromatic N) is 2. The summed E-state index contributed by atoms with van der Waals surface area (Å²) in [5.41, 5.74) is 5.34. The Labute approximate surface area is 184 Å². The van der Waals surface area contributed by atoms with E-state index in [1.165, 1.54) is 17.7 Å². The van der Waals surface area contributed by atoms with Crippen LogP contribution in [0.1, 0.15) is 49.5 Å². The summed E-state index contributed by atoms with van der Waals surface area (Å²) in [5, 5.41) is 10.9. The molecule has 31 heavy (non-hydrogen) atoms. The van der Waals surface area contributed by atoms with Crippen molar-refractivity contribution in [3.8, 4) is 0 Å². The highest BCUT2D eigenvalue weighted by molar-refractivity contribution is 5.95. The molecule has 2 aliphatic rings. The highest BCUT2D eigenvalue weighted by Gasteiger charge is 2.25. The van der Waals surface area contributed by atoms with E-state index in [1.807, 2.05) is 43.0 Å². The first-order valence-corrected chi connectivity index (χ1v) is 11.2. The first-order chi connectivity index (χ1) is 14.9. The topological polar surface area (TPSA) is 43.8 Å². The molecule has 1 amide bonds. The normalized spacial score (nSPS) is 18.0. The number of anilines is 1. The SMILES string of the molecule is CC(C)C(=O)N1CCCc2cc([C@H](O)CN3CC=C(c4ccc(F)cc4)CC3)ccc21. The molecule has 0 radical (unpaired) electrons. The maximum atomic E-state index is 13.1. The Morgan fingerprint density at radius 2 is 1.87 bits per heavy atom. The van der Waals surface area contributed by atoms with Crippen LogP contribution in [0.2, 0.25) is 0 Å². The lowest BCUT2D eigenvalue weighted by atomic mass is 9.95. The van der Waals surface area contributed by atoms with Gasteiger partial charge in [-0.15, -0.1) is 0 Å². The predicted octanol–water partition coefficient (Wildman–Crippen LogP) is 4.58. The van der Waals surface area contributed by atoms with E-state index in [2.05, 4.69) is 17.0 Å². The third-order valence-electron chi connectivity index (χ3n) is 6.31. The van der Waals surface area contributed by atoms with Crippen LogP contribution in [0.15, 0.2) is 48.5 Å². The van der Waals surface area contributed by atoms with Gasteiger partial charge in [0.2, 0.25) is 5.91 Å². The second-order valence-electron chi connectivity index (χ2n) is 8.90. The molecule has 0 bridgehead atoms. The fourth-order valence-electron chi connectivity index (χ4n) is 4.52. The third-order valence-corrected chi connectivity index (χ3v) is 6.31. The van der Waals surface area contributed by atoms with E-state index in [9.17, 15) is 14.3 Å². The Morgan fingerprint density at radius 3 is 2.55 bits per heavy atom. The molecule has 1 atom stereocenters. The van der Waals surface area contributed by atoms with Gasteiger partial charge in [0, 0.05) is 37.8 Å². The van der Waals surface area contributed by atoms with Crippen LogP contribution in [0.25, 0.3) is 5.57 Å². The Balaban J connectivity index is 1.41. The smallest absolute Gasteiger partial charge is 0.229 e. The van der Waals surface area contributed by atoms with E-state index < -0.39 is 6.10 Å². The molecule has 0 unspecified atom stereocenters. The van der Waals surface area contributed by atoms with E-state index in [0.29, 0.717) is 6.54 Å². The van der Waals surface area contributed by atoms with Gasteiger partial charge < -0.3 is 10.0 Å². The van der Waals surface area contributed by atoms with Crippen LogP contribution in [0.4, 0.5) is 10.1 Å². The zero-order valence-corrected chi connectivity index (χ0v) is 18.4. The van der Waals surface area contributed by atoms with Gasteiger partial charge in [-0.3, -0.25) is 9.69 Å². The molecule has 2 aliphatic heterocycles. The van der Waals surface area contributed by atoms with Crippen LogP contribution in [0, 0.1) is 11.7 Å². The zero-order valence-electron chi connectivity index (χ0n) is 18.4. The summed E-state index contributed by atoms with van der Waals surface area (Å²) in [6, 6.07) is 12.7. The van der Waals surface area contributed by atoms with Crippen molar-refractivity contribution in [1.82, 2.24) is 4.90 Å². The Hall–Kier alpha value is -2.50. The van der Waals surface area contributed by atoms with Gasteiger partial charge in [-0.2, -0.15) is 0 Å². The number of halogens is 1. The number of rotatable bonds is 5. The van der Waals surface area contributed by atoms with Crippen molar-refractivity contribution in [1.29, 1.82) is 0 Å². The molecule has 0 fully saturated rings. The number of aliphatic hydroxyl groups is 1. The number of β-amino-alcohol motifs (C(OH)–C–C–N with tert-alkyl or cyclic N) is 1. The van der Waals surface area contributed by atoms with E-state index in [0.717, 1.165) is 61.3 Å². The molecule has 5 heteroatoms. The maximum Gasteiger partial charge on any atom is 0.229 e. The molecule has 0 spiro atoms. The second-order valence-corrected chi connectivity index (χ2v) is 8.90. The highest BCUT2D eigenvalue weighted by atomic mass is 19.1. The van der Waals surface area contributed by atoms with E-state index >= 15 is 0 Å². The zero-order chi connectivity index (χ0) is 22.0. The molecule has 0 aromatic heterocycles. The van der Waals surface area contributed by atoms with Crippen molar-refractivity contribution in [2.75, 3.05) is 31.1 Å². The molecule has 164 valence electrons. The number of carbonyl (C=O) groups excluding carboxylic acids is 1. The number of fused-ring (bicyclic) bond motifs is 1. The van der Waals surface area contributed by atoms with Gasteiger partial charge in [-0.1, -0.05) is 44.2 Å². The Morgan fingerprint density at radius 1 is 1.10 bits per heavy atom. The molecule has 4 nitrogen and oxygen atoms in total.